The third kappa shape index (κ3) is 3.28. The molecule has 2 nitrogen and oxygen atoms in total. The largest absolute Gasteiger partial charge is 0.436 e. The third-order valence-corrected chi connectivity index (χ3v) is 3.30. The molecule has 0 N–H and O–H groups in total. The van der Waals surface area contributed by atoms with E-state index < -0.39 is 5.82 Å². The Morgan fingerprint density at radius 3 is 2.35 bits per heavy atom. The zero-order valence-electron chi connectivity index (χ0n) is 11.8. The van der Waals surface area contributed by atoms with Crippen LogP contribution < -0.4 is 4.74 Å². The van der Waals surface area contributed by atoms with Gasteiger partial charge in [-0.25, -0.2) is 9.37 Å². The minimum absolute atomic E-state index is 0.0494. The minimum Gasteiger partial charge on any atom is -0.436 e. The number of pyridine rings is 1. The Kier molecular flexibility index (Phi) is 4.29. The summed E-state index contributed by atoms with van der Waals surface area (Å²) in [6, 6.07) is 9.11. The van der Waals surface area contributed by atoms with E-state index in [1.54, 1.807) is 0 Å². The van der Waals surface area contributed by atoms with E-state index in [0.717, 1.165) is 0 Å². The van der Waals surface area contributed by atoms with Crippen molar-refractivity contribution in [3.63, 3.8) is 0 Å². The maximum absolute atomic E-state index is 14.0. The topological polar surface area (TPSA) is 22.1 Å². The Balaban J connectivity index is 2.23. The lowest BCUT2D eigenvalue weighted by Crippen LogP contribution is -2.10. The maximum atomic E-state index is 14.0. The second-order valence-corrected chi connectivity index (χ2v) is 5.87. The summed E-state index contributed by atoms with van der Waals surface area (Å²) in [6.07, 6.45) is 1.49. The van der Waals surface area contributed by atoms with Crippen molar-refractivity contribution in [3.8, 4) is 11.6 Å². The van der Waals surface area contributed by atoms with Gasteiger partial charge in [-0.15, -0.1) is 11.6 Å². The Morgan fingerprint density at radius 2 is 1.80 bits per heavy atom. The summed E-state index contributed by atoms with van der Waals surface area (Å²) in [4.78, 5) is 3.90. The van der Waals surface area contributed by atoms with Gasteiger partial charge in [0.2, 0.25) is 0 Å². The summed E-state index contributed by atoms with van der Waals surface area (Å²) in [5, 5.41) is 0. The molecular weight excluding hydrogens is 277 g/mol. The smallest absolute Gasteiger partial charge is 0.256 e. The van der Waals surface area contributed by atoms with Crippen molar-refractivity contribution in [1.82, 2.24) is 4.98 Å². The van der Waals surface area contributed by atoms with Crippen molar-refractivity contribution in [1.29, 1.82) is 0 Å². The van der Waals surface area contributed by atoms with Crippen molar-refractivity contribution in [2.24, 2.45) is 0 Å². The van der Waals surface area contributed by atoms with Crippen LogP contribution in [0.4, 0.5) is 4.39 Å². The molecule has 0 aliphatic heterocycles. The fourth-order valence-electron chi connectivity index (χ4n) is 1.77. The molecule has 0 atom stereocenters. The molecule has 4 heteroatoms. The predicted octanol–water partition coefficient (Wildman–Crippen LogP) is 5.05. The number of hydrogen-bond acceptors (Lipinski definition) is 2. The molecule has 0 saturated carbocycles. The van der Waals surface area contributed by atoms with E-state index in [4.69, 9.17) is 16.3 Å². The molecule has 2 aromatic rings. The molecule has 20 heavy (non-hydrogen) atoms. The number of benzene rings is 1. The summed E-state index contributed by atoms with van der Waals surface area (Å²) in [6.45, 7) is 6.40. The van der Waals surface area contributed by atoms with Gasteiger partial charge in [0.15, 0.2) is 5.82 Å². The number of alkyl halides is 1. The normalized spacial score (nSPS) is 11.4. The summed E-state index contributed by atoms with van der Waals surface area (Å²) in [5.41, 5.74) is 1.64. The van der Waals surface area contributed by atoms with Crippen LogP contribution in [0.15, 0.2) is 36.5 Å². The lowest BCUT2D eigenvalue weighted by molar-refractivity contribution is 0.419. The number of halogens is 2. The van der Waals surface area contributed by atoms with Gasteiger partial charge in [0.1, 0.15) is 5.75 Å². The number of hydrogen-bond donors (Lipinski definition) is 0. The first-order valence-electron chi connectivity index (χ1n) is 6.39. The van der Waals surface area contributed by atoms with Gasteiger partial charge in [-0.1, -0.05) is 32.9 Å². The van der Waals surface area contributed by atoms with Gasteiger partial charge in [-0.05, 0) is 29.2 Å². The Hall–Kier alpha value is -1.61. The summed E-state index contributed by atoms with van der Waals surface area (Å²) < 4.78 is 19.4. The van der Waals surface area contributed by atoms with Crippen LogP contribution in [0.1, 0.15) is 31.9 Å². The second-order valence-electron chi connectivity index (χ2n) is 5.60. The molecule has 0 unspecified atom stereocenters. The molecule has 0 fully saturated rings. The van der Waals surface area contributed by atoms with Crippen molar-refractivity contribution >= 4 is 11.6 Å². The van der Waals surface area contributed by atoms with Gasteiger partial charge >= 0.3 is 0 Å². The highest BCUT2D eigenvalue weighted by molar-refractivity contribution is 6.17. The lowest BCUT2D eigenvalue weighted by atomic mass is 9.87. The van der Waals surface area contributed by atoms with E-state index in [0.29, 0.717) is 11.3 Å². The maximum Gasteiger partial charge on any atom is 0.256 e. The lowest BCUT2D eigenvalue weighted by Gasteiger charge is -2.19. The van der Waals surface area contributed by atoms with Crippen LogP contribution in [0, 0.1) is 5.82 Å². The first-order chi connectivity index (χ1) is 9.41. The molecule has 106 valence electrons. The highest BCUT2D eigenvalue weighted by Gasteiger charge is 2.14. The fraction of sp³-hybridized carbons (Fsp3) is 0.312. The van der Waals surface area contributed by atoms with E-state index in [1.807, 2.05) is 24.3 Å². The fourth-order valence-corrected chi connectivity index (χ4v) is 1.98. The molecule has 0 bridgehead atoms. The van der Waals surface area contributed by atoms with Crippen LogP contribution in [-0.4, -0.2) is 4.98 Å². The average Bonchev–Trinajstić information content (AvgIpc) is 2.41. The quantitative estimate of drug-likeness (QED) is 0.739. The van der Waals surface area contributed by atoms with Crippen LogP contribution >= 0.6 is 11.6 Å². The number of rotatable bonds is 3. The van der Waals surface area contributed by atoms with Gasteiger partial charge in [-0.2, -0.15) is 0 Å². The molecule has 2 rings (SSSR count). The molecule has 0 spiro atoms. The number of aromatic nitrogens is 1. The predicted molar refractivity (Wildman–Crippen MR) is 79.0 cm³/mol. The first kappa shape index (κ1) is 14.8. The van der Waals surface area contributed by atoms with Crippen molar-refractivity contribution in [2.45, 2.75) is 32.1 Å². The van der Waals surface area contributed by atoms with E-state index >= 15 is 0 Å². The van der Waals surface area contributed by atoms with Crippen LogP contribution in [-0.2, 0) is 11.3 Å². The molecule has 0 radical (unpaired) electrons. The van der Waals surface area contributed by atoms with E-state index in [1.165, 1.54) is 17.8 Å². The molecular formula is C16H17ClFNO. The minimum atomic E-state index is -0.512. The summed E-state index contributed by atoms with van der Waals surface area (Å²) in [5.74, 6) is 0.0819. The molecule has 0 amide bonds. The van der Waals surface area contributed by atoms with E-state index in [2.05, 4.69) is 25.8 Å². The number of ether oxygens (including phenoxy) is 1. The SMILES string of the molecule is CC(C)(C)c1ccc(Oc2nccc(CCl)c2F)cc1. The van der Waals surface area contributed by atoms with Crippen molar-refractivity contribution in [2.75, 3.05) is 0 Å². The Morgan fingerprint density at radius 1 is 1.15 bits per heavy atom. The van der Waals surface area contributed by atoms with Crippen LogP contribution in [0.5, 0.6) is 11.6 Å². The Labute approximate surface area is 123 Å². The third-order valence-electron chi connectivity index (χ3n) is 3.02. The van der Waals surface area contributed by atoms with Crippen molar-refractivity contribution in [3.05, 3.63) is 53.5 Å². The van der Waals surface area contributed by atoms with Gasteiger partial charge in [-0.3, -0.25) is 0 Å². The average molecular weight is 294 g/mol. The molecule has 0 aliphatic carbocycles. The zero-order valence-corrected chi connectivity index (χ0v) is 12.5. The summed E-state index contributed by atoms with van der Waals surface area (Å²) >= 11 is 5.65. The highest BCUT2D eigenvalue weighted by Crippen LogP contribution is 2.28. The van der Waals surface area contributed by atoms with Gasteiger partial charge in [0, 0.05) is 11.8 Å². The number of nitrogens with zero attached hydrogens (tertiary/aromatic N) is 1. The highest BCUT2D eigenvalue weighted by atomic mass is 35.5. The molecule has 1 aromatic heterocycles. The Bertz CT molecular complexity index is 590. The monoisotopic (exact) mass is 293 g/mol. The first-order valence-corrected chi connectivity index (χ1v) is 6.93. The summed E-state index contributed by atoms with van der Waals surface area (Å²) in [7, 11) is 0. The second kappa shape index (κ2) is 5.80. The standard InChI is InChI=1S/C16H17ClFNO/c1-16(2,3)12-4-6-13(7-5-12)20-15-14(18)11(10-17)8-9-19-15/h4-9H,10H2,1-3H3. The van der Waals surface area contributed by atoms with E-state index in [9.17, 15) is 4.39 Å². The molecule has 0 aliphatic rings. The van der Waals surface area contributed by atoms with E-state index in [-0.39, 0.29) is 17.2 Å². The van der Waals surface area contributed by atoms with Crippen LogP contribution in [0.25, 0.3) is 0 Å². The van der Waals surface area contributed by atoms with Gasteiger partial charge in [0.05, 0.1) is 5.88 Å². The zero-order chi connectivity index (χ0) is 14.8. The van der Waals surface area contributed by atoms with Gasteiger partial charge < -0.3 is 4.74 Å². The molecule has 0 saturated heterocycles. The van der Waals surface area contributed by atoms with Crippen LogP contribution in [0.3, 0.4) is 0 Å². The van der Waals surface area contributed by atoms with Crippen LogP contribution in [0.2, 0.25) is 0 Å². The molecule has 1 heterocycles. The molecule has 1 aromatic carbocycles. The van der Waals surface area contributed by atoms with Gasteiger partial charge in [0.25, 0.3) is 5.88 Å². The van der Waals surface area contributed by atoms with Crippen molar-refractivity contribution < 1.29 is 9.13 Å².